The summed E-state index contributed by atoms with van der Waals surface area (Å²) in [6, 6.07) is 5.85. The molecule has 4 aromatic rings. The van der Waals surface area contributed by atoms with E-state index in [1.165, 1.54) is 18.5 Å². The topological polar surface area (TPSA) is 129 Å². The molecule has 9 nitrogen and oxygen atoms in total. The van der Waals surface area contributed by atoms with E-state index in [0.29, 0.717) is 34.3 Å². The zero-order valence-electron chi connectivity index (χ0n) is 19.5. The SMILES string of the molecule is Nc1ncnc2c1c(-c1ccc(NS(=O)c3ccc(C(F)(F)F)cc3[N+](=O)[O-])c(F)c1)cn2C1CCCC1. The van der Waals surface area contributed by atoms with E-state index in [4.69, 9.17) is 5.73 Å². The Kier molecular flexibility index (Phi) is 6.51. The third kappa shape index (κ3) is 4.66. The molecule has 0 aliphatic heterocycles. The van der Waals surface area contributed by atoms with Gasteiger partial charge in [-0.1, -0.05) is 18.9 Å². The summed E-state index contributed by atoms with van der Waals surface area (Å²) in [7, 11) is -2.43. The lowest BCUT2D eigenvalue weighted by molar-refractivity contribution is -0.388. The molecule has 5 rings (SSSR count). The highest BCUT2D eigenvalue weighted by atomic mass is 32.2. The molecule has 0 amide bonds. The molecule has 1 unspecified atom stereocenters. The maximum atomic E-state index is 15.2. The lowest BCUT2D eigenvalue weighted by Crippen LogP contribution is -2.11. The van der Waals surface area contributed by atoms with Crippen LogP contribution in [0, 0.1) is 15.9 Å². The predicted molar refractivity (Wildman–Crippen MR) is 133 cm³/mol. The Morgan fingerprint density at radius 2 is 1.87 bits per heavy atom. The van der Waals surface area contributed by atoms with Crippen molar-refractivity contribution in [3.63, 3.8) is 0 Å². The van der Waals surface area contributed by atoms with Crippen LogP contribution in [0.4, 0.5) is 34.8 Å². The van der Waals surface area contributed by atoms with E-state index < -0.39 is 44.0 Å². The number of benzene rings is 2. The molecule has 0 radical (unpaired) electrons. The summed E-state index contributed by atoms with van der Waals surface area (Å²) < 4.78 is 71.2. The number of fused-ring (bicyclic) bond motifs is 1. The maximum Gasteiger partial charge on any atom is 0.416 e. The van der Waals surface area contributed by atoms with Crippen molar-refractivity contribution < 1.29 is 26.7 Å². The monoisotopic (exact) mass is 548 g/mol. The van der Waals surface area contributed by atoms with Crippen LogP contribution in [0.3, 0.4) is 0 Å². The van der Waals surface area contributed by atoms with E-state index in [1.807, 2.05) is 10.8 Å². The van der Waals surface area contributed by atoms with Crippen LogP contribution < -0.4 is 10.5 Å². The fourth-order valence-electron chi connectivity index (χ4n) is 4.70. The summed E-state index contributed by atoms with van der Waals surface area (Å²) in [5, 5.41) is 11.9. The van der Waals surface area contributed by atoms with E-state index >= 15 is 4.39 Å². The highest BCUT2D eigenvalue weighted by molar-refractivity contribution is 7.86. The Hall–Kier alpha value is -4.07. The number of nitro benzene ring substituents is 1. The minimum absolute atomic E-state index is 0.230. The number of hydrogen-bond acceptors (Lipinski definition) is 6. The van der Waals surface area contributed by atoms with E-state index in [0.717, 1.165) is 31.7 Å². The van der Waals surface area contributed by atoms with Crippen LogP contribution in [0.5, 0.6) is 0 Å². The van der Waals surface area contributed by atoms with Gasteiger partial charge in [0.1, 0.15) is 28.5 Å². The Morgan fingerprint density at radius 1 is 1.13 bits per heavy atom. The summed E-state index contributed by atoms with van der Waals surface area (Å²) in [6.45, 7) is 0. The van der Waals surface area contributed by atoms with Crippen LogP contribution in [0.2, 0.25) is 0 Å². The average molecular weight is 549 g/mol. The Bertz CT molecular complexity index is 1580. The van der Waals surface area contributed by atoms with Gasteiger partial charge in [-0.15, -0.1) is 0 Å². The molecule has 3 N–H and O–H groups in total. The van der Waals surface area contributed by atoms with Crippen LogP contribution in [-0.2, 0) is 17.2 Å². The second kappa shape index (κ2) is 9.67. The van der Waals surface area contributed by atoms with Gasteiger partial charge in [0.2, 0.25) is 0 Å². The quantitative estimate of drug-likeness (QED) is 0.173. The van der Waals surface area contributed by atoms with Crippen molar-refractivity contribution in [2.24, 2.45) is 0 Å². The highest BCUT2D eigenvalue weighted by Crippen LogP contribution is 2.39. The number of nitro groups is 1. The van der Waals surface area contributed by atoms with Crippen molar-refractivity contribution in [2.45, 2.75) is 42.8 Å². The summed E-state index contributed by atoms with van der Waals surface area (Å²) in [5.74, 6) is -0.595. The van der Waals surface area contributed by atoms with Gasteiger partial charge >= 0.3 is 6.18 Å². The number of anilines is 2. The fraction of sp³-hybridized carbons (Fsp3) is 0.250. The molecule has 1 fully saturated rings. The van der Waals surface area contributed by atoms with Gasteiger partial charge in [-0.25, -0.2) is 18.6 Å². The highest BCUT2D eigenvalue weighted by Gasteiger charge is 2.34. The number of alkyl halides is 3. The smallest absolute Gasteiger partial charge is 0.383 e. The first-order valence-corrected chi connectivity index (χ1v) is 12.6. The zero-order chi connectivity index (χ0) is 27.2. The molecule has 1 atom stereocenters. The first-order valence-electron chi connectivity index (χ1n) is 11.5. The molecule has 0 bridgehead atoms. The number of hydrogen-bond donors (Lipinski definition) is 2. The molecule has 2 aromatic carbocycles. The number of nitrogens with one attached hydrogen (secondary N) is 1. The van der Waals surface area contributed by atoms with E-state index in [9.17, 15) is 27.5 Å². The minimum atomic E-state index is -4.82. The van der Waals surface area contributed by atoms with Crippen molar-refractivity contribution in [3.05, 3.63) is 70.4 Å². The molecule has 2 aromatic heterocycles. The molecule has 198 valence electrons. The molecule has 0 spiro atoms. The third-order valence-corrected chi connectivity index (χ3v) is 7.67. The molecule has 0 saturated heterocycles. The first-order chi connectivity index (χ1) is 18.0. The molecule has 38 heavy (non-hydrogen) atoms. The first kappa shape index (κ1) is 25.6. The largest absolute Gasteiger partial charge is 0.416 e. The Morgan fingerprint density at radius 3 is 2.53 bits per heavy atom. The van der Waals surface area contributed by atoms with E-state index in [-0.39, 0.29) is 17.5 Å². The van der Waals surface area contributed by atoms with Gasteiger partial charge < -0.3 is 10.3 Å². The summed E-state index contributed by atoms with van der Waals surface area (Å²) in [4.78, 5) is 18.2. The van der Waals surface area contributed by atoms with Gasteiger partial charge in [0.25, 0.3) is 5.69 Å². The van der Waals surface area contributed by atoms with Crippen LogP contribution in [0.15, 0.2) is 53.8 Å². The van der Waals surface area contributed by atoms with Gasteiger partial charge in [0, 0.05) is 23.9 Å². The standard InChI is InChI=1S/C24H20F4N6O3S/c25-17-9-13(16-11-33(15-3-1-2-4-15)23-21(16)22(29)30-12-31-23)5-7-18(17)32-38(37)20-8-6-14(24(26,27)28)10-19(20)34(35)36/h5-12,15,32H,1-4H2,(H2,29,30,31). The van der Waals surface area contributed by atoms with Crippen LogP contribution in [0.25, 0.3) is 22.2 Å². The summed E-state index contributed by atoms with van der Waals surface area (Å²) >= 11 is 0. The van der Waals surface area contributed by atoms with Crippen molar-refractivity contribution >= 4 is 39.2 Å². The van der Waals surface area contributed by atoms with E-state index in [1.54, 1.807) is 6.07 Å². The second-order valence-corrected chi connectivity index (χ2v) is 10.0. The van der Waals surface area contributed by atoms with Crippen molar-refractivity contribution in [2.75, 3.05) is 10.5 Å². The van der Waals surface area contributed by atoms with Crippen LogP contribution in [0.1, 0.15) is 37.3 Å². The Labute approximate surface area is 215 Å². The van der Waals surface area contributed by atoms with Gasteiger partial charge in [-0.2, -0.15) is 13.2 Å². The molecule has 1 aliphatic rings. The van der Waals surface area contributed by atoms with E-state index in [2.05, 4.69) is 14.7 Å². The van der Waals surface area contributed by atoms with Gasteiger partial charge in [0.05, 0.1) is 21.6 Å². The minimum Gasteiger partial charge on any atom is -0.383 e. The number of aromatic nitrogens is 3. The van der Waals surface area contributed by atoms with Gasteiger partial charge in [-0.3, -0.25) is 14.8 Å². The maximum absolute atomic E-state index is 15.2. The fourth-order valence-corrected chi connectivity index (χ4v) is 5.69. The molecule has 1 aliphatic carbocycles. The molecule has 14 heteroatoms. The van der Waals surface area contributed by atoms with Crippen LogP contribution >= 0.6 is 0 Å². The van der Waals surface area contributed by atoms with Crippen molar-refractivity contribution in [1.29, 1.82) is 0 Å². The Balaban J connectivity index is 1.48. The molecule has 1 saturated carbocycles. The summed E-state index contributed by atoms with van der Waals surface area (Å²) in [5.41, 5.74) is 5.31. The average Bonchev–Trinajstić information content (AvgIpc) is 3.53. The predicted octanol–water partition coefficient (Wildman–Crippen LogP) is 6.00. The zero-order valence-corrected chi connectivity index (χ0v) is 20.4. The lowest BCUT2D eigenvalue weighted by Gasteiger charge is -2.12. The number of nitrogen functional groups attached to an aromatic ring is 1. The number of nitrogens with zero attached hydrogens (tertiary/aromatic N) is 4. The second-order valence-electron chi connectivity index (χ2n) is 8.85. The van der Waals surface area contributed by atoms with Crippen LogP contribution in [-0.4, -0.2) is 23.7 Å². The number of halogens is 4. The number of nitrogens with two attached hydrogens (primary N) is 1. The van der Waals surface area contributed by atoms with Crippen molar-refractivity contribution in [3.8, 4) is 11.1 Å². The normalized spacial score (nSPS) is 15.2. The molecular formula is C24H20F4N6O3S. The van der Waals surface area contributed by atoms with Crippen molar-refractivity contribution in [1.82, 2.24) is 14.5 Å². The van der Waals surface area contributed by atoms with Gasteiger partial charge in [-0.05, 0) is 42.7 Å². The summed E-state index contributed by atoms with van der Waals surface area (Å²) in [6.07, 6.45) is 2.54. The molecular weight excluding hydrogens is 528 g/mol. The molecule has 2 heterocycles. The third-order valence-electron chi connectivity index (χ3n) is 6.52. The van der Waals surface area contributed by atoms with Gasteiger partial charge in [0.15, 0.2) is 11.0 Å². The lowest BCUT2D eigenvalue weighted by atomic mass is 10.1. The number of rotatable bonds is 6.